The van der Waals surface area contributed by atoms with E-state index in [1.165, 1.54) is 16.7 Å². The largest absolute Gasteiger partial charge is 0.393 e. The van der Waals surface area contributed by atoms with E-state index in [0.29, 0.717) is 11.8 Å². The van der Waals surface area contributed by atoms with Crippen molar-refractivity contribution in [2.75, 3.05) is 13.2 Å². The number of carbonyl (C=O) groups excluding carboxylic acids is 2. The summed E-state index contributed by atoms with van der Waals surface area (Å²) in [6.07, 6.45) is 6.09. The molecule has 0 unspecified atom stereocenters. The Morgan fingerprint density at radius 1 is 1.14 bits per heavy atom. The van der Waals surface area contributed by atoms with Gasteiger partial charge in [0.1, 0.15) is 0 Å². The molecule has 21 heavy (non-hydrogen) atoms. The SMILES string of the molecule is O=C1OC(=O)[C@@H]2CC3=C4[C@@H]5C(=CC[C@@H]4[C@H]12)COC[C@H]5CC3. The highest BCUT2D eigenvalue weighted by Crippen LogP contribution is 2.56. The zero-order chi connectivity index (χ0) is 14.1. The summed E-state index contributed by atoms with van der Waals surface area (Å²) in [6.45, 7) is 1.57. The van der Waals surface area contributed by atoms with E-state index in [1.807, 2.05) is 0 Å². The van der Waals surface area contributed by atoms with Gasteiger partial charge in [-0.25, -0.2) is 0 Å². The lowest BCUT2D eigenvalue weighted by Gasteiger charge is -2.49. The molecule has 0 saturated carbocycles. The molecule has 0 aromatic carbocycles. The molecule has 4 nitrogen and oxygen atoms in total. The van der Waals surface area contributed by atoms with Crippen LogP contribution in [0.15, 0.2) is 22.8 Å². The molecule has 2 heterocycles. The van der Waals surface area contributed by atoms with Gasteiger partial charge in [-0.15, -0.1) is 0 Å². The van der Waals surface area contributed by atoms with Crippen molar-refractivity contribution in [2.45, 2.75) is 25.7 Å². The highest BCUT2D eigenvalue weighted by Gasteiger charge is 2.56. The van der Waals surface area contributed by atoms with Gasteiger partial charge < -0.3 is 9.47 Å². The Kier molecular flexibility index (Phi) is 2.35. The zero-order valence-electron chi connectivity index (χ0n) is 11.8. The Morgan fingerprint density at radius 2 is 2.05 bits per heavy atom. The molecule has 5 atom stereocenters. The Balaban J connectivity index is 1.65. The van der Waals surface area contributed by atoms with Crippen LogP contribution in [0.5, 0.6) is 0 Å². The molecular weight excluding hydrogens is 268 g/mol. The van der Waals surface area contributed by atoms with Gasteiger partial charge in [0.15, 0.2) is 0 Å². The van der Waals surface area contributed by atoms with Crippen molar-refractivity contribution in [1.82, 2.24) is 0 Å². The first-order chi connectivity index (χ1) is 10.2. The van der Waals surface area contributed by atoms with Crippen LogP contribution in [0.25, 0.3) is 0 Å². The monoisotopic (exact) mass is 286 g/mol. The highest BCUT2D eigenvalue weighted by atomic mass is 16.6. The predicted molar refractivity (Wildman–Crippen MR) is 72.9 cm³/mol. The number of fused-ring (bicyclic) bond motifs is 2. The second-order valence-corrected chi connectivity index (χ2v) is 7.05. The van der Waals surface area contributed by atoms with E-state index in [-0.39, 0.29) is 29.7 Å². The van der Waals surface area contributed by atoms with Crippen LogP contribution in [0.3, 0.4) is 0 Å². The second-order valence-electron chi connectivity index (χ2n) is 7.05. The van der Waals surface area contributed by atoms with Gasteiger partial charge in [-0.3, -0.25) is 9.59 Å². The Labute approximate surface area is 123 Å². The number of hydrogen-bond donors (Lipinski definition) is 0. The van der Waals surface area contributed by atoms with E-state index in [2.05, 4.69) is 6.08 Å². The summed E-state index contributed by atoms with van der Waals surface area (Å²) in [7, 11) is 0. The van der Waals surface area contributed by atoms with Crippen molar-refractivity contribution in [3.05, 3.63) is 22.8 Å². The molecule has 2 aliphatic heterocycles. The third-order valence-corrected chi connectivity index (χ3v) is 6.17. The molecule has 0 radical (unpaired) electrons. The van der Waals surface area contributed by atoms with Gasteiger partial charge in [0.05, 0.1) is 25.0 Å². The fourth-order valence-electron chi connectivity index (χ4n) is 5.36. The van der Waals surface area contributed by atoms with Gasteiger partial charge in [0.2, 0.25) is 0 Å². The van der Waals surface area contributed by atoms with Gasteiger partial charge in [-0.2, -0.15) is 0 Å². The number of ether oxygens (including phenoxy) is 2. The zero-order valence-corrected chi connectivity index (χ0v) is 11.8. The third kappa shape index (κ3) is 1.49. The predicted octanol–water partition coefficient (Wildman–Crippen LogP) is 2.01. The van der Waals surface area contributed by atoms with Crippen LogP contribution in [0, 0.1) is 29.6 Å². The second kappa shape index (κ2) is 4.07. The molecule has 3 aliphatic carbocycles. The lowest BCUT2D eigenvalue weighted by Crippen LogP contribution is -2.44. The molecule has 0 aromatic rings. The van der Waals surface area contributed by atoms with Gasteiger partial charge in [-0.05, 0) is 43.1 Å². The first kappa shape index (κ1) is 12.2. The summed E-state index contributed by atoms with van der Waals surface area (Å²) < 4.78 is 10.7. The molecule has 0 amide bonds. The summed E-state index contributed by atoms with van der Waals surface area (Å²) in [5.41, 5.74) is 4.34. The minimum Gasteiger partial charge on any atom is -0.393 e. The number of cyclic esters (lactones) is 2. The average Bonchev–Trinajstić information content (AvgIpc) is 2.79. The quantitative estimate of drug-likeness (QED) is 0.388. The fraction of sp³-hybridized carbons (Fsp3) is 0.647. The topological polar surface area (TPSA) is 52.6 Å². The Morgan fingerprint density at radius 3 is 2.95 bits per heavy atom. The van der Waals surface area contributed by atoms with E-state index in [0.717, 1.165) is 38.9 Å². The van der Waals surface area contributed by atoms with Crippen LogP contribution >= 0.6 is 0 Å². The van der Waals surface area contributed by atoms with Gasteiger partial charge >= 0.3 is 11.9 Å². The third-order valence-electron chi connectivity index (χ3n) is 6.17. The van der Waals surface area contributed by atoms with Crippen molar-refractivity contribution in [3.8, 4) is 0 Å². The number of rotatable bonds is 0. The maximum Gasteiger partial charge on any atom is 0.318 e. The van der Waals surface area contributed by atoms with Gasteiger partial charge in [0, 0.05) is 5.92 Å². The number of esters is 2. The lowest BCUT2D eigenvalue weighted by atomic mass is 9.56. The van der Waals surface area contributed by atoms with Crippen LogP contribution in [0.2, 0.25) is 0 Å². The van der Waals surface area contributed by atoms with Crippen LogP contribution in [-0.4, -0.2) is 25.2 Å². The first-order valence-corrected chi connectivity index (χ1v) is 7.98. The molecule has 4 heteroatoms. The van der Waals surface area contributed by atoms with E-state index < -0.39 is 0 Å². The summed E-state index contributed by atoms with van der Waals surface area (Å²) in [4.78, 5) is 24.1. The Bertz CT molecular complexity index is 614. The van der Waals surface area contributed by atoms with Gasteiger partial charge in [-0.1, -0.05) is 17.2 Å². The molecule has 5 aliphatic rings. The van der Waals surface area contributed by atoms with Crippen molar-refractivity contribution in [2.24, 2.45) is 29.6 Å². The molecule has 110 valence electrons. The standard InChI is InChI=1S/C17H18O4/c18-16-12-5-8-1-2-9-6-20-7-10-3-4-11(14(8)13(9)10)15(12)17(19)21-16/h3,9,11-13,15H,1-2,4-7H2/t9-,11+,12-,13+,15+/m1/s1. The lowest BCUT2D eigenvalue weighted by molar-refractivity contribution is -0.154. The molecule has 0 aromatic heterocycles. The maximum absolute atomic E-state index is 12.1. The van der Waals surface area contributed by atoms with Crippen LogP contribution in [0.1, 0.15) is 25.7 Å². The molecule has 2 saturated heterocycles. The van der Waals surface area contributed by atoms with Crippen LogP contribution < -0.4 is 0 Å². The van der Waals surface area contributed by atoms with E-state index in [9.17, 15) is 9.59 Å². The molecular formula is C17H18O4. The summed E-state index contributed by atoms with van der Waals surface area (Å²) >= 11 is 0. The molecule has 5 rings (SSSR count). The summed E-state index contributed by atoms with van der Waals surface area (Å²) in [6, 6.07) is 0. The smallest absolute Gasteiger partial charge is 0.318 e. The van der Waals surface area contributed by atoms with Crippen LogP contribution in [0.4, 0.5) is 0 Å². The van der Waals surface area contributed by atoms with Crippen molar-refractivity contribution in [1.29, 1.82) is 0 Å². The highest BCUT2D eigenvalue weighted by molar-refractivity contribution is 5.97. The Hall–Kier alpha value is -1.42. The summed E-state index contributed by atoms with van der Waals surface area (Å²) in [5.74, 6) is 0.227. The van der Waals surface area contributed by atoms with Crippen LogP contribution in [-0.2, 0) is 19.1 Å². The van der Waals surface area contributed by atoms with Crippen molar-refractivity contribution >= 4 is 11.9 Å². The fourth-order valence-corrected chi connectivity index (χ4v) is 5.36. The van der Waals surface area contributed by atoms with E-state index in [1.54, 1.807) is 0 Å². The minimum absolute atomic E-state index is 0.201. The molecule has 0 bridgehead atoms. The van der Waals surface area contributed by atoms with Crippen molar-refractivity contribution < 1.29 is 19.1 Å². The minimum atomic E-state index is -0.291. The van der Waals surface area contributed by atoms with E-state index >= 15 is 0 Å². The van der Waals surface area contributed by atoms with E-state index in [4.69, 9.17) is 9.47 Å². The number of carbonyl (C=O) groups is 2. The average molecular weight is 286 g/mol. The molecule has 0 N–H and O–H groups in total. The van der Waals surface area contributed by atoms with Gasteiger partial charge in [0.25, 0.3) is 0 Å². The number of hydrogen-bond acceptors (Lipinski definition) is 4. The summed E-state index contributed by atoms with van der Waals surface area (Å²) in [5, 5.41) is 0. The first-order valence-electron chi connectivity index (χ1n) is 7.98. The maximum atomic E-state index is 12.1. The normalized spacial score (nSPS) is 44.0. The molecule has 0 spiro atoms. The van der Waals surface area contributed by atoms with Crippen molar-refractivity contribution in [3.63, 3.8) is 0 Å². The number of allylic oxidation sites excluding steroid dienone is 3. The molecule has 2 fully saturated rings.